The predicted octanol–water partition coefficient (Wildman–Crippen LogP) is 0.794. The van der Waals surface area contributed by atoms with Crippen molar-refractivity contribution in [2.24, 2.45) is 0 Å². The van der Waals surface area contributed by atoms with E-state index in [9.17, 15) is 26.4 Å². The molecule has 1 amide bonds. The first-order valence-electron chi connectivity index (χ1n) is 9.27. The van der Waals surface area contributed by atoms with Gasteiger partial charge in [-0.1, -0.05) is 0 Å². The number of carbonyl (C=O) groups is 1. The number of nitrogens with one attached hydrogen (secondary N) is 1. The van der Waals surface area contributed by atoms with Crippen molar-refractivity contribution in [1.29, 1.82) is 0 Å². The normalized spacial score (nSPS) is 26.4. The third-order valence-electron chi connectivity index (χ3n) is 5.52. The van der Waals surface area contributed by atoms with E-state index < -0.39 is 40.4 Å². The molecule has 3 aliphatic rings. The van der Waals surface area contributed by atoms with Gasteiger partial charge in [-0.2, -0.15) is 13.2 Å². The third-order valence-corrected chi connectivity index (χ3v) is 7.58. The van der Waals surface area contributed by atoms with Crippen molar-refractivity contribution in [2.75, 3.05) is 32.2 Å². The van der Waals surface area contributed by atoms with Crippen molar-refractivity contribution >= 4 is 15.9 Å². The van der Waals surface area contributed by atoms with Crippen LogP contribution in [0.4, 0.5) is 18.0 Å². The molecule has 0 bridgehead atoms. The zero-order valence-electron chi connectivity index (χ0n) is 15.3. The average Bonchev–Trinajstić information content (AvgIpc) is 3.42. The fourth-order valence-corrected chi connectivity index (χ4v) is 5.16. The maximum atomic E-state index is 12.6. The van der Waals surface area contributed by atoms with Crippen LogP contribution < -0.4 is 5.32 Å². The first-order chi connectivity index (χ1) is 13.0. The monoisotopic (exact) mass is 430 g/mol. The number of ether oxygens (including phenoxy) is 2. The van der Waals surface area contributed by atoms with Gasteiger partial charge in [0.25, 0.3) is 0 Å². The third kappa shape index (κ3) is 5.08. The van der Waals surface area contributed by atoms with Crippen LogP contribution in [0.1, 0.15) is 32.1 Å². The fourth-order valence-electron chi connectivity index (χ4n) is 3.60. The summed E-state index contributed by atoms with van der Waals surface area (Å²) in [6, 6.07) is -0.115. The summed E-state index contributed by atoms with van der Waals surface area (Å²) in [6.07, 6.45) is -5.63. The van der Waals surface area contributed by atoms with Crippen molar-refractivity contribution in [3.63, 3.8) is 0 Å². The number of halogens is 3. The van der Waals surface area contributed by atoms with Crippen LogP contribution in [0.2, 0.25) is 0 Å². The van der Waals surface area contributed by atoms with Crippen LogP contribution in [0.15, 0.2) is 0 Å². The van der Waals surface area contributed by atoms with E-state index in [0.29, 0.717) is 38.7 Å². The van der Waals surface area contributed by atoms with E-state index in [1.807, 2.05) is 0 Å². The van der Waals surface area contributed by atoms with Crippen molar-refractivity contribution in [3.05, 3.63) is 0 Å². The van der Waals surface area contributed by atoms with Gasteiger partial charge < -0.3 is 19.5 Å². The molecule has 2 saturated heterocycles. The number of aliphatic hydroxyl groups excluding tert-OH is 1. The van der Waals surface area contributed by atoms with Crippen molar-refractivity contribution in [3.8, 4) is 0 Å². The minimum atomic E-state index is -4.82. The Labute approximate surface area is 161 Å². The van der Waals surface area contributed by atoms with Gasteiger partial charge in [0.1, 0.15) is 0 Å². The number of alkyl halides is 3. The highest BCUT2D eigenvalue weighted by Gasteiger charge is 2.46. The molecule has 2 heterocycles. The summed E-state index contributed by atoms with van der Waals surface area (Å²) < 4.78 is 72.0. The Morgan fingerprint density at radius 2 is 1.96 bits per heavy atom. The van der Waals surface area contributed by atoms with Gasteiger partial charge in [0.05, 0.1) is 29.9 Å². The SMILES string of the molecule is O=C(OC(CO)C(F)(F)F)N1CCC2(CC1)CC(NCS(=O)(=O)C1CC1)CO2. The number of hydrogen-bond donors (Lipinski definition) is 2. The van der Waals surface area contributed by atoms with Gasteiger partial charge in [0.2, 0.25) is 6.10 Å². The van der Waals surface area contributed by atoms with Gasteiger partial charge in [-0.05, 0) is 32.1 Å². The van der Waals surface area contributed by atoms with Crippen LogP contribution in [0.3, 0.4) is 0 Å². The van der Waals surface area contributed by atoms with Crippen LogP contribution in [0.25, 0.3) is 0 Å². The summed E-state index contributed by atoms with van der Waals surface area (Å²) in [4.78, 5) is 13.1. The number of aliphatic hydroxyl groups is 1. The molecule has 3 rings (SSSR count). The van der Waals surface area contributed by atoms with E-state index in [4.69, 9.17) is 9.84 Å². The molecule has 2 unspecified atom stereocenters. The smallest absolute Gasteiger partial charge is 0.427 e. The molecular weight excluding hydrogens is 405 g/mol. The lowest BCUT2D eigenvalue weighted by Gasteiger charge is -2.38. The Morgan fingerprint density at radius 3 is 2.50 bits per heavy atom. The van der Waals surface area contributed by atoms with E-state index in [1.54, 1.807) is 0 Å². The summed E-state index contributed by atoms with van der Waals surface area (Å²) in [5.41, 5.74) is -0.516. The standard InChI is InChI=1S/C16H25F3N2O6S/c17-16(18,19)13(8-22)27-14(23)21-5-3-15(4-6-21)7-11(9-26-15)20-10-28(24,25)12-1-2-12/h11-13,20,22H,1-10H2. The molecule has 1 saturated carbocycles. The van der Waals surface area contributed by atoms with Crippen LogP contribution in [0.5, 0.6) is 0 Å². The molecule has 1 spiro atoms. The van der Waals surface area contributed by atoms with Gasteiger partial charge in [-0.15, -0.1) is 0 Å². The van der Waals surface area contributed by atoms with Gasteiger partial charge in [-0.3, -0.25) is 5.32 Å². The van der Waals surface area contributed by atoms with Crippen LogP contribution in [0, 0.1) is 0 Å². The molecule has 2 N–H and O–H groups in total. The van der Waals surface area contributed by atoms with Gasteiger partial charge >= 0.3 is 12.3 Å². The largest absolute Gasteiger partial charge is 0.434 e. The molecule has 0 aromatic heterocycles. The second kappa shape index (κ2) is 7.96. The molecule has 12 heteroatoms. The average molecular weight is 430 g/mol. The lowest BCUT2D eigenvalue weighted by molar-refractivity contribution is -0.215. The fraction of sp³-hybridized carbons (Fsp3) is 0.938. The van der Waals surface area contributed by atoms with E-state index in [0.717, 1.165) is 0 Å². The van der Waals surface area contributed by atoms with Gasteiger partial charge in [0.15, 0.2) is 9.84 Å². The lowest BCUT2D eigenvalue weighted by atomic mass is 9.87. The highest BCUT2D eigenvalue weighted by molar-refractivity contribution is 7.92. The first-order valence-corrected chi connectivity index (χ1v) is 11.0. The molecule has 2 atom stereocenters. The predicted molar refractivity (Wildman–Crippen MR) is 91.2 cm³/mol. The highest BCUT2D eigenvalue weighted by Crippen LogP contribution is 2.37. The Kier molecular flexibility index (Phi) is 6.14. The molecule has 2 aliphatic heterocycles. The van der Waals surface area contributed by atoms with Crippen LogP contribution in [-0.4, -0.2) is 85.9 Å². The second-order valence-corrected chi connectivity index (χ2v) is 9.97. The zero-order chi connectivity index (χ0) is 20.6. The minimum Gasteiger partial charge on any atom is -0.434 e. The van der Waals surface area contributed by atoms with Crippen LogP contribution in [-0.2, 0) is 19.3 Å². The summed E-state index contributed by atoms with van der Waals surface area (Å²) in [6.45, 7) is -0.637. The Hall–Kier alpha value is -1.11. The maximum absolute atomic E-state index is 12.6. The molecule has 1 aliphatic carbocycles. The summed E-state index contributed by atoms with van der Waals surface area (Å²) >= 11 is 0. The van der Waals surface area contributed by atoms with E-state index in [1.165, 1.54) is 4.90 Å². The number of nitrogens with zero attached hydrogens (tertiary/aromatic N) is 1. The molecule has 0 radical (unpaired) electrons. The Balaban J connectivity index is 1.45. The van der Waals surface area contributed by atoms with E-state index >= 15 is 0 Å². The molecule has 0 aromatic carbocycles. The first kappa shape index (κ1) is 21.6. The lowest BCUT2D eigenvalue weighted by Crippen LogP contribution is -2.49. The molecular formula is C16H25F3N2O6S. The highest BCUT2D eigenvalue weighted by atomic mass is 32.2. The van der Waals surface area contributed by atoms with Gasteiger partial charge in [0, 0.05) is 19.1 Å². The topological polar surface area (TPSA) is 105 Å². The number of carbonyl (C=O) groups excluding carboxylic acids is 1. The number of hydrogen-bond acceptors (Lipinski definition) is 7. The summed E-state index contributed by atoms with van der Waals surface area (Å²) in [5, 5.41) is 11.6. The van der Waals surface area contributed by atoms with E-state index in [2.05, 4.69) is 10.1 Å². The Bertz CT molecular complexity index is 674. The number of sulfone groups is 1. The second-order valence-electron chi connectivity index (χ2n) is 7.69. The Morgan fingerprint density at radius 1 is 1.32 bits per heavy atom. The molecule has 8 nitrogen and oxygen atoms in total. The van der Waals surface area contributed by atoms with Gasteiger partial charge in [-0.25, -0.2) is 13.2 Å². The molecule has 28 heavy (non-hydrogen) atoms. The molecule has 162 valence electrons. The quantitative estimate of drug-likeness (QED) is 0.642. The summed E-state index contributed by atoms with van der Waals surface area (Å²) in [5.74, 6) is -0.0831. The number of amides is 1. The summed E-state index contributed by atoms with van der Waals surface area (Å²) in [7, 11) is -3.11. The molecule has 3 fully saturated rings. The van der Waals surface area contributed by atoms with E-state index in [-0.39, 0.29) is 30.3 Å². The van der Waals surface area contributed by atoms with Crippen LogP contribution >= 0.6 is 0 Å². The van der Waals surface area contributed by atoms with Crippen molar-refractivity contribution in [1.82, 2.24) is 10.2 Å². The van der Waals surface area contributed by atoms with Crippen molar-refractivity contribution < 1.29 is 41.0 Å². The number of rotatable bonds is 6. The minimum absolute atomic E-state index is 0.0831. The number of piperidine rings is 1. The molecule has 0 aromatic rings. The maximum Gasteiger partial charge on any atom is 0.427 e. The van der Waals surface area contributed by atoms with Crippen molar-refractivity contribution in [2.45, 2.75) is 61.3 Å². The zero-order valence-corrected chi connectivity index (χ0v) is 16.1. The number of likely N-dealkylation sites (tertiary alicyclic amines) is 1.